The number of nitrogens with one attached hydrogen (secondary N) is 1. The van der Waals surface area contributed by atoms with Gasteiger partial charge in [-0.1, -0.05) is 29.8 Å². The SMILES string of the molecule is CCOc1ccccc1/C=C/C(=O)Nc1ccc(Cl)cc1C. The smallest absolute Gasteiger partial charge is 0.248 e. The molecule has 0 radical (unpaired) electrons. The van der Waals surface area contributed by atoms with Crippen LogP contribution in [0, 0.1) is 6.92 Å². The Bertz CT molecular complexity index is 695. The minimum Gasteiger partial charge on any atom is -0.493 e. The normalized spacial score (nSPS) is 10.7. The van der Waals surface area contributed by atoms with Crippen LogP contribution in [0.15, 0.2) is 48.5 Å². The minimum atomic E-state index is -0.197. The third-order valence-electron chi connectivity index (χ3n) is 3.08. The Labute approximate surface area is 135 Å². The van der Waals surface area contributed by atoms with Gasteiger partial charge in [0.1, 0.15) is 5.75 Å². The molecule has 3 nitrogen and oxygen atoms in total. The first-order valence-electron chi connectivity index (χ1n) is 7.07. The number of rotatable bonds is 5. The molecule has 0 fully saturated rings. The summed E-state index contributed by atoms with van der Waals surface area (Å²) in [7, 11) is 0. The molecule has 4 heteroatoms. The standard InChI is InChI=1S/C18H18ClNO2/c1-3-22-17-7-5-4-6-14(17)8-11-18(21)20-16-10-9-15(19)12-13(16)2/h4-12H,3H2,1-2H3,(H,20,21)/b11-8+. The third-order valence-corrected chi connectivity index (χ3v) is 3.31. The summed E-state index contributed by atoms with van der Waals surface area (Å²) in [5.41, 5.74) is 2.54. The zero-order valence-electron chi connectivity index (χ0n) is 12.6. The van der Waals surface area contributed by atoms with Crippen molar-refractivity contribution in [3.05, 3.63) is 64.7 Å². The van der Waals surface area contributed by atoms with E-state index in [1.165, 1.54) is 6.08 Å². The molecule has 22 heavy (non-hydrogen) atoms. The fourth-order valence-electron chi connectivity index (χ4n) is 2.01. The van der Waals surface area contributed by atoms with Crippen LogP contribution in [0.3, 0.4) is 0 Å². The Balaban J connectivity index is 2.08. The number of ether oxygens (including phenoxy) is 1. The van der Waals surface area contributed by atoms with Gasteiger partial charge in [0.25, 0.3) is 0 Å². The summed E-state index contributed by atoms with van der Waals surface area (Å²) in [5, 5.41) is 3.48. The maximum atomic E-state index is 12.0. The second-order valence-electron chi connectivity index (χ2n) is 4.75. The average molecular weight is 316 g/mol. The highest BCUT2D eigenvalue weighted by molar-refractivity contribution is 6.30. The van der Waals surface area contributed by atoms with Gasteiger partial charge >= 0.3 is 0 Å². The second kappa shape index (κ2) is 7.66. The van der Waals surface area contributed by atoms with Crippen LogP contribution in [-0.2, 0) is 4.79 Å². The summed E-state index contributed by atoms with van der Waals surface area (Å²) in [6.45, 7) is 4.41. The van der Waals surface area contributed by atoms with Crippen molar-refractivity contribution < 1.29 is 9.53 Å². The number of carbonyl (C=O) groups excluding carboxylic acids is 1. The van der Waals surface area contributed by atoms with Crippen molar-refractivity contribution in [1.29, 1.82) is 0 Å². The molecular weight excluding hydrogens is 298 g/mol. The van der Waals surface area contributed by atoms with Gasteiger partial charge in [0.15, 0.2) is 0 Å². The molecule has 114 valence electrons. The molecule has 0 saturated heterocycles. The summed E-state index contributed by atoms with van der Waals surface area (Å²) in [5.74, 6) is 0.563. The van der Waals surface area contributed by atoms with Crippen LogP contribution >= 0.6 is 11.6 Å². The number of para-hydroxylation sites is 1. The molecule has 0 aliphatic rings. The van der Waals surface area contributed by atoms with E-state index in [1.807, 2.05) is 44.2 Å². The number of halogens is 1. The Kier molecular flexibility index (Phi) is 5.61. The van der Waals surface area contributed by atoms with Gasteiger partial charge in [0.05, 0.1) is 6.61 Å². The molecule has 0 aromatic heterocycles. The van der Waals surface area contributed by atoms with E-state index in [-0.39, 0.29) is 5.91 Å². The van der Waals surface area contributed by atoms with E-state index in [2.05, 4.69) is 5.32 Å². The molecule has 2 aromatic carbocycles. The van der Waals surface area contributed by atoms with Gasteiger partial charge in [-0.2, -0.15) is 0 Å². The van der Waals surface area contributed by atoms with Gasteiger partial charge in [-0.05, 0) is 49.8 Å². The lowest BCUT2D eigenvalue weighted by Crippen LogP contribution is -2.08. The molecule has 2 aromatic rings. The minimum absolute atomic E-state index is 0.197. The third kappa shape index (κ3) is 4.37. The van der Waals surface area contributed by atoms with E-state index in [9.17, 15) is 4.79 Å². The molecule has 0 heterocycles. The Morgan fingerprint density at radius 2 is 2.05 bits per heavy atom. The summed E-state index contributed by atoms with van der Waals surface area (Å²) < 4.78 is 5.52. The van der Waals surface area contributed by atoms with Gasteiger partial charge in [0.2, 0.25) is 5.91 Å². The number of hydrogen-bond donors (Lipinski definition) is 1. The van der Waals surface area contributed by atoms with Crippen molar-refractivity contribution in [3.8, 4) is 5.75 Å². The van der Waals surface area contributed by atoms with E-state index in [0.29, 0.717) is 11.6 Å². The average Bonchev–Trinajstić information content (AvgIpc) is 2.49. The van der Waals surface area contributed by atoms with Gasteiger partial charge in [-0.25, -0.2) is 0 Å². The molecule has 0 saturated carbocycles. The first-order valence-corrected chi connectivity index (χ1v) is 7.45. The largest absolute Gasteiger partial charge is 0.493 e. The van der Waals surface area contributed by atoms with E-state index >= 15 is 0 Å². The van der Waals surface area contributed by atoms with E-state index in [0.717, 1.165) is 22.6 Å². The van der Waals surface area contributed by atoms with Crippen molar-refractivity contribution in [2.75, 3.05) is 11.9 Å². The van der Waals surface area contributed by atoms with E-state index < -0.39 is 0 Å². The molecule has 0 spiro atoms. The van der Waals surface area contributed by atoms with Crippen molar-refractivity contribution in [1.82, 2.24) is 0 Å². The number of carbonyl (C=O) groups is 1. The fraction of sp³-hybridized carbons (Fsp3) is 0.167. The number of anilines is 1. The predicted molar refractivity (Wildman–Crippen MR) is 91.5 cm³/mol. The van der Waals surface area contributed by atoms with Gasteiger partial charge < -0.3 is 10.1 Å². The topological polar surface area (TPSA) is 38.3 Å². The maximum Gasteiger partial charge on any atom is 0.248 e. The highest BCUT2D eigenvalue weighted by Crippen LogP contribution is 2.21. The molecule has 0 bridgehead atoms. The van der Waals surface area contributed by atoms with Crippen LogP contribution < -0.4 is 10.1 Å². The monoisotopic (exact) mass is 315 g/mol. The van der Waals surface area contributed by atoms with Crippen molar-refractivity contribution in [2.45, 2.75) is 13.8 Å². The lowest BCUT2D eigenvalue weighted by atomic mass is 10.1. The molecule has 0 aliphatic carbocycles. The quantitative estimate of drug-likeness (QED) is 0.812. The van der Waals surface area contributed by atoms with Crippen LogP contribution in [0.1, 0.15) is 18.1 Å². The predicted octanol–water partition coefficient (Wildman–Crippen LogP) is 4.70. The Morgan fingerprint density at radius 1 is 1.27 bits per heavy atom. The van der Waals surface area contributed by atoms with Crippen molar-refractivity contribution in [2.24, 2.45) is 0 Å². The Hall–Kier alpha value is -2.26. The number of amides is 1. The van der Waals surface area contributed by atoms with Gasteiger partial charge in [-0.3, -0.25) is 4.79 Å². The first kappa shape index (κ1) is 16.1. The van der Waals surface area contributed by atoms with Crippen LogP contribution in [-0.4, -0.2) is 12.5 Å². The number of benzene rings is 2. The summed E-state index contributed by atoms with van der Waals surface area (Å²) >= 11 is 5.90. The van der Waals surface area contributed by atoms with E-state index in [4.69, 9.17) is 16.3 Å². The molecule has 0 atom stereocenters. The zero-order valence-corrected chi connectivity index (χ0v) is 13.4. The second-order valence-corrected chi connectivity index (χ2v) is 5.19. The number of hydrogen-bond acceptors (Lipinski definition) is 2. The molecule has 2 rings (SSSR count). The lowest BCUT2D eigenvalue weighted by Gasteiger charge is -2.07. The molecule has 1 amide bonds. The van der Waals surface area contributed by atoms with Crippen LogP contribution in [0.5, 0.6) is 5.75 Å². The van der Waals surface area contributed by atoms with Crippen molar-refractivity contribution >= 4 is 29.3 Å². The number of aryl methyl sites for hydroxylation is 1. The first-order chi connectivity index (χ1) is 10.6. The van der Waals surface area contributed by atoms with Crippen molar-refractivity contribution in [3.63, 3.8) is 0 Å². The molecule has 1 N–H and O–H groups in total. The summed E-state index contributed by atoms with van der Waals surface area (Å²) in [6.07, 6.45) is 3.23. The van der Waals surface area contributed by atoms with Gasteiger partial charge in [-0.15, -0.1) is 0 Å². The van der Waals surface area contributed by atoms with Crippen LogP contribution in [0.4, 0.5) is 5.69 Å². The molecular formula is C18H18ClNO2. The highest BCUT2D eigenvalue weighted by atomic mass is 35.5. The van der Waals surface area contributed by atoms with Crippen LogP contribution in [0.25, 0.3) is 6.08 Å². The van der Waals surface area contributed by atoms with E-state index in [1.54, 1.807) is 18.2 Å². The van der Waals surface area contributed by atoms with Gasteiger partial charge in [0, 0.05) is 22.3 Å². The highest BCUT2D eigenvalue weighted by Gasteiger charge is 2.03. The maximum absolute atomic E-state index is 12.0. The molecule has 0 aliphatic heterocycles. The zero-order chi connectivity index (χ0) is 15.9. The summed E-state index contributed by atoms with van der Waals surface area (Å²) in [4.78, 5) is 12.0. The Morgan fingerprint density at radius 3 is 2.77 bits per heavy atom. The molecule has 0 unspecified atom stereocenters. The fourth-order valence-corrected chi connectivity index (χ4v) is 2.24. The lowest BCUT2D eigenvalue weighted by molar-refractivity contribution is -0.111. The summed E-state index contributed by atoms with van der Waals surface area (Å²) in [6, 6.07) is 12.9. The van der Waals surface area contributed by atoms with Crippen LogP contribution in [0.2, 0.25) is 5.02 Å².